The Labute approximate surface area is 113 Å². The molecule has 112 valence electrons. The van der Waals surface area contributed by atoms with Gasteiger partial charge in [-0.05, 0) is 0 Å². The molecule has 10 heteroatoms. The fraction of sp³-hybridized carbons (Fsp3) is 0.700. The van der Waals surface area contributed by atoms with Gasteiger partial charge >= 0.3 is 5.97 Å². The van der Waals surface area contributed by atoms with E-state index in [1.165, 1.54) is 13.3 Å². The van der Waals surface area contributed by atoms with Crippen molar-refractivity contribution in [3.05, 3.63) is 11.9 Å². The molecule has 4 N–H and O–H groups in total. The lowest BCUT2D eigenvalue weighted by Crippen LogP contribution is -2.56. The maximum Gasteiger partial charge on any atom is 0.360 e. The molecule has 1 aliphatic rings. The highest BCUT2D eigenvalue weighted by Crippen LogP contribution is 2.27. The average molecular weight is 289 g/mol. The zero-order chi connectivity index (χ0) is 14.9. The van der Waals surface area contributed by atoms with Crippen LogP contribution in [0, 0.1) is 0 Å². The van der Waals surface area contributed by atoms with Gasteiger partial charge < -0.3 is 29.9 Å². The minimum atomic E-state index is -1.53. The Morgan fingerprint density at radius 1 is 1.40 bits per heavy atom. The first-order valence-corrected chi connectivity index (χ1v) is 5.80. The highest BCUT2D eigenvalue weighted by atomic mass is 16.6. The third kappa shape index (κ3) is 2.51. The second-order valence-electron chi connectivity index (χ2n) is 4.29. The topological polar surface area (TPSA) is 147 Å². The molecule has 0 bridgehead atoms. The van der Waals surface area contributed by atoms with E-state index in [0.29, 0.717) is 0 Å². The Bertz CT molecular complexity index is 477. The molecule has 0 amide bonds. The Hall–Kier alpha value is -1.59. The van der Waals surface area contributed by atoms with Gasteiger partial charge in [0.25, 0.3) is 0 Å². The van der Waals surface area contributed by atoms with Crippen LogP contribution < -0.4 is 0 Å². The molecule has 1 aromatic rings. The van der Waals surface area contributed by atoms with E-state index in [-0.39, 0.29) is 5.69 Å². The minimum Gasteiger partial charge on any atom is -0.464 e. The Balaban J connectivity index is 2.22. The van der Waals surface area contributed by atoms with Gasteiger partial charge in [-0.3, -0.25) is 0 Å². The van der Waals surface area contributed by atoms with E-state index in [2.05, 4.69) is 15.0 Å². The van der Waals surface area contributed by atoms with Gasteiger partial charge in [-0.2, -0.15) is 0 Å². The molecule has 1 saturated heterocycles. The second kappa shape index (κ2) is 5.81. The minimum absolute atomic E-state index is 0.107. The summed E-state index contributed by atoms with van der Waals surface area (Å²) >= 11 is 0. The van der Waals surface area contributed by atoms with E-state index in [9.17, 15) is 20.1 Å². The van der Waals surface area contributed by atoms with Crippen LogP contribution in [0.2, 0.25) is 0 Å². The average Bonchev–Trinajstić information content (AvgIpc) is 2.94. The molecular weight excluding hydrogens is 274 g/mol. The summed E-state index contributed by atoms with van der Waals surface area (Å²) in [6, 6.07) is 0. The number of carbonyl (C=O) groups excluding carboxylic acids is 1. The predicted molar refractivity (Wildman–Crippen MR) is 60.4 cm³/mol. The van der Waals surface area contributed by atoms with Gasteiger partial charge in [0.05, 0.1) is 19.9 Å². The van der Waals surface area contributed by atoms with Crippen molar-refractivity contribution in [3.8, 4) is 0 Å². The van der Waals surface area contributed by atoms with Crippen LogP contribution in [0.4, 0.5) is 0 Å². The number of rotatable bonds is 3. The Morgan fingerprint density at radius 2 is 2.10 bits per heavy atom. The first-order chi connectivity index (χ1) is 9.49. The van der Waals surface area contributed by atoms with E-state index in [4.69, 9.17) is 9.84 Å². The highest BCUT2D eigenvalue weighted by Gasteiger charge is 2.44. The van der Waals surface area contributed by atoms with E-state index < -0.39 is 43.2 Å². The van der Waals surface area contributed by atoms with Gasteiger partial charge in [0.1, 0.15) is 24.4 Å². The first-order valence-electron chi connectivity index (χ1n) is 5.80. The molecule has 0 spiro atoms. The molecular formula is C10H15N3O7. The summed E-state index contributed by atoms with van der Waals surface area (Å²) in [4.78, 5) is 11.3. The third-order valence-corrected chi connectivity index (χ3v) is 3.03. The van der Waals surface area contributed by atoms with E-state index in [1.54, 1.807) is 0 Å². The number of hydrogen-bond donors (Lipinski definition) is 4. The van der Waals surface area contributed by atoms with Crippen molar-refractivity contribution in [1.29, 1.82) is 0 Å². The van der Waals surface area contributed by atoms with Crippen LogP contribution in [0.25, 0.3) is 0 Å². The van der Waals surface area contributed by atoms with Gasteiger partial charge in [-0.15, -0.1) is 5.10 Å². The second-order valence-corrected chi connectivity index (χ2v) is 4.29. The standard InChI is InChI=1S/C10H15N3O7/c1-19-10(18)4-2-13(12-11-4)9-8(17)7(16)6(15)5(3-14)20-9/h2,5-9,14-17H,3H2,1H3/t5-,6-,7+,8+,9+/m1/s1. The first kappa shape index (κ1) is 14.8. The maximum atomic E-state index is 11.3. The summed E-state index contributed by atoms with van der Waals surface area (Å²) < 4.78 is 10.7. The largest absolute Gasteiger partial charge is 0.464 e. The summed E-state index contributed by atoms with van der Waals surface area (Å²) in [5.74, 6) is -0.721. The lowest BCUT2D eigenvalue weighted by molar-refractivity contribution is -0.254. The quantitative estimate of drug-likeness (QED) is 0.428. The number of aromatic nitrogens is 3. The molecule has 5 atom stereocenters. The Morgan fingerprint density at radius 3 is 2.70 bits per heavy atom. The van der Waals surface area contributed by atoms with Crippen molar-refractivity contribution in [2.75, 3.05) is 13.7 Å². The third-order valence-electron chi connectivity index (χ3n) is 3.03. The van der Waals surface area contributed by atoms with Crippen LogP contribution in [0.15, 0.2) is 6.20 Å². The molecule has 0 unspecified atom stereocenters. The number of nitrogens with zero attached hydrogens (tertiary/aromatic N) is 3. The monoisotopic (exact) mass is 289 g/mol. The number of carbonyl (C=O) groups is 1. The lowest BCUT2D eigenvalue weighted by Gasteiger charge is -2.39. The summed E-state index contributed by atoms with van der Waals surface area (Å²) in [7, 11) is 1.18. The van der Waals surface area contributed by atoms with Crippen molar-refractivity contribution < 1.29 is 34.7 Å². The van der Waals surface area contributed by atoms with Crippen molar-refractivity contribution in [3.63, 3.8) is 0 Å². The molecule has 0 aliphatic carbocycles. The fourth-order valence-electron chi connectivity index (χ4n) is 1.90. The number of ether oxygens (including phenoxy) is 2. The summed E-state index contributed by atoms with van der Waals surface area (Å²) in [6.45, 7) is -0.556. The number of methoxy groups -OCH3 is 1. The molecule has 1 fully saturated rings. The van der Waals surface area contributed by atoms with Crippen LogP contribution in [0.1, 0.15) is 16.7 Å². The van der Waals surface area contributed by atoms with Crippen LogP contribution in [-0.2, 0) is 9.47 Å². The van der Waals surface area contributed by atoms with Crippen LogP contribution in [-0.4, -0.2) is 79.5 Å². The summed E-state index contributed by atoms with van der Waals surface area (Å²) in [5.41, 5.74) is -0.107. The summed E-state index contributed by atoms with van der Waals surface area (Å²) in [5, 5.41) is 45.3. The smallest absolute Gasteiger partial charge is 0.360 e. The van der Waals surface area contributed by atoms with Crippen molar-refractivity contribution in [1.82, 2.24) is 15.0 Å². The van der Waals surface area contributed by atoms with Crippen LogP contribution in [0.3, 0.4) is 0 Å². The van der Waals surface area contributed by atoms with Crippen LogP contribution >= 0.6 is 0 Å². The molecule has 10 nitrogen and oxygen atoms in total. The molecule has 2 rings (SSSR count). The van der Waals surface area contributed by atoms with Gasteiger partial charge in [-0.25, -0.2) is 9.48 Å². The SMILES string of the molecule is COC(=O)c1cn([C@H]2O[C@H](CO)[C@@H](O)[C@H](O)[C@@H]2O)nn1. The zero-order valence-corrected chi connectivity index (χ0v) is 10.5. The van der Waals surface area contributed by atoms with Gasteiger partial charge in [0.15, 0.2) is 11.9 Å². The van der Waals surface area contributed by atoms with E-state index in [0.717, 1.165) is 4.68 Å². The molecule has 20 heavy (non-hydrogen) atoms. The molecule has 2 heterocycles. The van der Waals surface area contributed by atoms with Gasteiger partial charge in [-0.1, -0.05) is 5.21 Å². The number of aliphatic hydroxyl groups excluding tert-OH is 4. The molecule has 1 aromatic heterocycles. The predicted octanol–water partition coefficient (Wildman–Crippen LogP) is -2.96. The Kier molecular flexibility index (Phi) is 4.30. The molecule has 0 aromatic carbocycles. The van der Waals surface area contributed by atoms with E-state index >= 15 is 0 Å². The molecule has 0 radical (unpaired) electrons. The lowest BCUT2D eigenvalue weighted by atomic mass is 9.98. The zero-order valence-electron chi connectivity index (χ0n) is 10.5. The van der Waals surface area contributed by atoms with Crippen molar-refractivity contribution in [2.45, 2.75) is 30.6 Å². The van der Waals surface area contributed by atoms with Crippen LogP contribution in [0.5, 0.6) is 0 Å². The molecule has 1 aliphatic heterocycles. The van der Waals surface area contributed by atoms with Gasteiger partial charge in [0.2, 0.25) is 0 Å². The highest BCUT2D eigenvalue weighted by molar-refractivity contribution is 5.86. The fourth-order valence-corrected chi connectivity index (χ4v) is 1.90. The number of hydrogen-bond acceptors (Lipinski definition) is 9. The van der Waals surface area contributed by atoms with Gasteiger partial charge in [0, 0.05) is 0 Å². The maximum absolute atomic E-state index is 11.3. The van der Waals surface area contributed by atoms with Crippen molar-refractivity contribution >= 4 is 5.97 Å². The van der Waals surface area contributed by atoms with E-state index in [1.807, 2.05) is 0 Å². The summed E-state index contributed by atoms with van der Waals surface area (Å²) in [6.07, 6.45) is -5.59. The molecule has 0 saturated carbocycles. The number of esters is 1. The van der Waals surface area contributed by atoms with Crippen molar-refractivity contribution in [2.24, 2.45) is 0 Å². The normalized spacial score (nSPS) is 34.0. The number of aliphatic hydroxyl groups is 4.